The normalized spacial score (nSPS) is 20.3. The van der Waals surface area contributed by atoms with Crippen LogP contribution in [-0.2, 0) is 4.74 Å². The molecule has 0 aliphatic carbocycles. The summed E-state index contributed by atoms with van der Waals surface area (Å²) < 4.78 is 5.56. The minimum absolute atomic E-state index is 0.544. The van der Waals surface area contributed by atoms with E-state index in [1.165, 1.54) is 25.7 Å². The predicted octanol–water partition coefficient (Wildman–Crippen LogP) is 1.90. The Morgan fingerprint density at radius 2 is 2.40 bits per heavy atom. The van der Waals surface area contributed by atoms with Gasteiger partial charge in [-0.05, 0) is 32.2 Å². The van der Waals surface area contributed by atoms with Gasteiger partial charge in [0.15, 0.2) is 0 Å². The summed E-state index contributed by atoms with van der Waals surface area (Å²) in [5.74, 6) is 4.57. The average molecular weight is 227 g/mol. The van der Waals surface area contributed by atoms with Gasteiger partial charge in [-0.25, -0.2) is 0 Å². The summed E-state index contributed by atoms with van der Waals surface area (Å²) in [6.45, 7) is 3.15. The Bertz CT molecular complexity index is 185. The number of hydrogen-bond acceptors (Lipinski definition) is 3. The lowest BCUT2D eigenvalue weighted by atomic mass is 10.1. The summed E-state index contributed by atoms with van der Waals surface area (Å²) in [5, 5.41) is 3.42. The second-order valence-corrected chi connectivity index (χ2v) is 4.89. The molecule has 0 amide bonds. The zero-order valence-corrected chi connectivity index (χ0v) is 10.2. The molecule has 1 heterocycles. The van der Waals surface area contributed by atoms with E-state index in [0.717, 1.165) is 31.2 Å². The molecule has 1 aliphatic rings. The third kappa shape index (κ3) is 6.83. The Hall–Kier alpha value is -0.170. The van der Waals surface area contributed by atoms with Gasteiger partial charge >= 0.3 is 0 Å². The molecule has 0 spiro atoms. The Kier molecular flexibility index (Phi) is 7.81. The van der Waals surface area contributed by atoms with E-state index in [4.69, 9.17) is 11.2 Å². The molecule has 15 heavy (non-hydrogen) atoms. The van der Waals surface area contributed by atoms with Crippen LogP contribution in [-0.4, -0.2) is 37.3 Å². The van der Waals surface area contributed by atoms with Gasteiger partial charge in [0.2, 0.25) is 0 Å². The lowest BCUT2D eigenvalue weighted by Crippen LogP contribution is -2.20. The van der Waals surface area contributed by atoms with Crippen molar-refractivity contribution in [2.45, 2.75) is 31.8 Å². The number of rotatable bonds is 8. The van der Waals surface area contributed by atoms with Gasteiger partial charge in [-0.1, -0.05) is 5.92 Å². The highest BCUT2D eigenvalue weighted by molar-refractivity contribution is 7.99. The van der Waals surface area contributed by atoms with Gasteiger partial charge in [-0.3, -0.25) is 0 Å². The van der Waals surface area contributed by atoms with E-state index >= 15 is 0 Å². The Morgan fingerprint density at radius 3 is 3.13 bits per heavy atom. The first kappa shape index (κ1) is 12.9. The van der Waals surface area contributed by atoms with Crippen LogP contribution < -0.4 is 5.32 Å². The third-order valence-corrected chi connectivity index (χ3v) is 3.38. The SMILES string of the molecule is C#CCSCCNCCCC1CCCO1. The van der Waals surface area contributed by atoms with Crippen molar-refractivity contribution >= 4 is 11.8 Å². The largest absolute Gasteiger partial charge is 0.378 e. The van der Waals surface area contributed by atoms with Crippen LogP contribution in [0.3, 0.4) is 0 Å². The van der Waals surface area contributed by atoms with Crippen molar-refractivity contribution in [2.24, 2.45) is 0 Å². The van der Waals surface area contributed by atoms with Gasteiger partial charge in [0, 0.05) is 18.9 Å². The van der Waals surface area contributed by atoms with Crippen molar-refractivity contribution in [1.82, 2.24) is 5.32 Å². The van der Waals surface area contributed by atoms with Gasteiger partial charge in [0.05, 0.1) is 11.9 Å². The summed E-state index contributed by atoms with van der Waals surface area (Å²) in [6.07, 6.45) is 10.7. The van der Waals surface area contributed by atoms with Gasteiger partial charge in [0.25, 0.3) is 0 Å². The van der Waals surface area contributed by atoms with Crippen molar-refractivity contribution in [1.29, 1.82) is 0 Å². The zero-order valence-electron chi connectivity index (χ0n) is 9.34. The maximum atomic E-state index is 5.56. The van der Waals surface area contributed by atoms with Gasteiger partial charge < -0.3 is 10.1 Å². The molecule has 0 aromatic rings. The molecule has 1 aliphatic heterocycles. The molecule has 86 valence electrons. The van der Waals surface area contributed by atoms with E-state index in [9.17, 15) is 0 Å². The fourth-order valence-electron chi connectivity index (χ4n) is 1.73. The Balaban J connectivity index is 1.75. The van der Waals surface area contributed by atoms with Crippen LogP contribution in [0.5, 0.6) is 0 Å². The quantitative estimate of drug-likeness (QED) is 0.505. The minimum Gasteiger partial charge on any atom is -0.378 e. The van der Waals surface area contributed by atoms with Crippen molar-refractivity contribution < 1.29 is 4.74 Å². The molecule has 0 aromatic heterocycles. The Morgan fingerprint density at radius 1 is 1.47 bits per heavy atom. The summed E-state index contributed by atoms with van der Waals surface area (Å²) >= 11 is 1.81. The number of terminal acetylenes is 1. The minimum atomic E-state index is 0.544. The summed E-state index contributed by atoms with van der Waals surface area (Å²) in [7, 11) is 0. The second-order valence-electron chi connectivity index (χ2n) is 3.78. The highest BCUT2D eigenvalue weighted by Gasteiger charge is 2.13. The summed E-state index contributed by atoms with van der Waals surface area (Å²) in [5.41, 5.74) is 0. The van der Waals surface area contributed by atoms with Crippen molar-refractivity contribution in [3.05, 3.63) is 0 Å². The lowest BCUT2D eigenvalue weighted by molar-refractivity contribution is 0.102. The van der Waals surface area contributed by atoms with Crippen LogP contribution in [0.25, 0.3) is 0 Å². The molecule has 2 nitrogen and oxygen atoms in total. The van der Waals surface area contributed by atoms with E-state index in [2.05, 4.69) is 11.2 Å². The van der Waals surface area contributed by atoms with E-state index in [1.807, 2.05) is 11.8 Å². The Labute approximate surface area is 97.5 Å². The molecule has 1 fully saturated rings. The molecule has 1 unspecified atom stereocenters. The average Bonchev–Trinajstić information content (AvgIpc) is 2.75. The topological polar surface area (TPSA) is 21.3 Å². The molecule has 1 rings (SSSR count). The number of thioether (sulfide) groups is 1. The highest BCUT2D eigenvalue weighted by Crippen LogP contribution is 2.16. The maximum absolute atomic E-state index is 5.56. The van der Waals surface area contributed by atoms with Crippen LogP contribution in [0, 0.1) is 12.3 Å². The summed E-state index contributed by atoms with van der Waals surface area (Å²) in [4.78, 5) is 0. The third-order valence-electron chi connectivity index (χ3n) is 2.51. The highest BCUT2D eigenvalue weighted by atomic mass is 32.2. The summed E-state index contributed by atoms with van der Waals surface area (Å²) in [6, 6.07) is 0. The first-order valence-corrected chi connectivity index (χ1v) is 6.92. The van der Waals surface area contributed by atoms with Crippen LogP contribution in [0.15, 0.2) is 0 Å². The van der Waals surface area contributed by atoms with Crippen LogP contribution in [0.4, 0.5) is 0 Å². The molecular formula is C12H21NOS. The molecule has 0 radical (unpaired) electrons. The molecule has 1 saturated heterocycles. The molecular weight excluding hydrogens is 206 g/mol. The monoisotopic (exact) mass is 227 g/mol. The molecule has 1 N–H and O–H groups in total. The second kappa shape index (κ2) is 9.08. The van der Waals surface area contributed by atoms with Crippen LogP contribution in [0.1, 0.15) is 25.7 Å². The first-order valence-electron chi connectivity index (χ1n) is 5.77. The number of hydrogen-bond donors (Lipinski definition) is 1. The lowest BCUT2D eigenvalue weighted by Gasteiger charge is -2.09. The predicted molar refractivity (Wildman–Crippen MR) is 67.2 cm³/mol. The fourth-order valence-corrected chi connectivity index (χ4v) is 2.28. The van der Waals surface area contributed by atoms with E-state index in [1.54, 1.807) is 0 Å². The first-order chi connectivity index (χ1) is 7.43. The maximum Gasteiger partial charge on any atom is 0.0576 e. The zero-order chi connectivity index (χ0) is 10.8. The standard InChI is InChI=1S/C12H21NOS/c1-2-10-15-11-8-13-7-3-5-12-6-4-9-14-12/h1,12-13H,3-11H2. The number of nitrogens with one attached hydrogen (secondary N) is 1. The molecule has 0 saturated carbocycles. The van der Waals surface area contributed by atoms with Gasteiger partial charge in [-0.2, -0.15) is 0 Å². The molecule has 3 heteroatoms. The van der Waals surface area contributed by atoms with Crippen molar-refractivity contribution in [3.63, 3.8) is 0 Å². The van der Waals surface area contributed by atoms with E-state index in [-0.39, 0.29) is 0 Å². The smallest absolute Gasteiger partial charge is 0.0576 e. The molecule has 0 bridgehead atoms. The van der Waals surface area contributed by atoms with Crippen molar-refractivity contribution in [3.8, 4) is 12.3 Å². The fraction of sp³-hybridized carbons (Fsp3) is 0.833. The molecule has 0 aromatic carbocycles. The van der Waals surface area contributed by atoms with Crippen molar-refractivity contribution in [2.75, 3.05) is 31.2 Å². The van der Waals surface area contributed by atoms with Crippen LogP contribution in [0.2, 0.25) is 0 Å². The van der Waals surface area contributed by atoms with Gasteiger partial charge in [0.1, 0.15) is 0 Å². The van der Waals surface area contributed by atoms with Crippen LogP contribution >= 0.6 is 11.8 Å². The van der Waals surface area contributed by atoms with Gasteiger partial charge in [-0.15, -0.1) is 18.2 Å². The van der Waals surface area contributed by atoms with E-state index in [0.29, 0.717) is 6.10 Å². The molecule has 1 atom stereocenters. The number of ether oxygens (including phenoxy) is 1. The van der Waals surface area contributed by atoms with E-state index < -0.39 is 0 Å².